The van der Waals surface area contributed by atoms with Crippen molar-refractivity contribution in [3.05, 3.63) is 23.9 Å². The number of halogens is 1. The molecule has 2 N–H and O–H groups in total. The Kier molecular flexibility index (Phi) is 3.52. The average molecular weight is 320 g/mol. The number of anilines is 1. The Labute approximate surface area is 136 Å². The molecule has 0 radical (unpaired) electrons. The van der Waals surface area contributed by atoms with Crippen molar-refractivity contribution in [2.45, 2.75) is 49.9 Å². The fourth-order valence-electron chi connectivity index (χ4n) is 5.28. The van der Waals surface area contributed by atoms with Crippen LogP contribution in [0, 0.1) is 17.8 Å². The monoisotopic (exact) mass is 319 g/mol. The third-order valence-corrected chi connectivity index (χ3v) is 5.95. The highest BCUT2D eigenvalue weighted by atomic mass is 35.5. The number of nitrogens with one attached hydrogen (secondary N) is 2. The van der Waals surface area contributed by atoms with E-state index in [0.29, 0.717) is 11.7 Å². The molecule has 118 valence electrons. The van der Waals surface area contributed by atoms with Crippen LogP contribution in [-0.2, 0) is 5.88 Å². The van der Waals surface area contributed by atoms with Crippen molar-refractivity contribution in [2.24, 2.45) is 17.8 Å². The van der Waals surface area contributed by atoms with Crippen molar-refractivity contribution in [1.29, 1.82) is 0 Å². The number of carbonyl (C=O) groups is 1. The van der Waals surface area contributed by atoms with Crippen LogP contribution in [0.5, 0.6) is 0 Å². The summed E-state index contributed by atoms with van der Waals surface area (Å²) in [5.41, 5.74) is 0.991. The van der Waals surface area contributed by atoms with Gasteiger partial charge in [-0.15, -0.1) is 11.6 Å². The minimum absolute atomic E-state index is 0.0307. The highest BCUT2D eigenvalue weighted by Crippen LogP contribution is 2.55. The standard InChI is InChI=1S/C17H22ClN3O/c18-10-11-1-2-19-15(6-11)20-16(22)21-17-7-12-3-13(8-17)5-14(4-12)9-17/h1-2,6,12-14H,3-5,7-10H2,(H2,19,20,21,22). The molecule has 0 atom stereocenters. The summed E-state index contributed by atoms with van der Waals surface area (Å²) in [7, 11) is 0. The van der Waals surface area contributed by atoms with E-state index >= 15 is 0 Å². The van der Waals surface area contributed by atoms with Gasteiger partial charge in [-0.25, -0.2) is 9.78 Å². The van der Waals surface area contributed by atoms with Gasteiger partial charge in [0.2, 0.25) is 0 Å². The number of rotatable bonds is 3. The zero-order valence-corrected chi connectivity index (χ0v) is 13.4. The molecule has 4 nitrogen and oxygen atoms in total. The molecule has 0 spiro atoms. The molecule has 4 aliphatic carbocycles. The first-order chi connectivity index (χ1) is 10.6. The minimum atomic E-state index is -0.124. The molecule has 0 aromatic carbocycles. The number of hydrogen-bond acceptors (Lipinski definition) is 2. The van der Waals surface area contributed by atoms with Crippen molar-refractivity contribution in [1.82, 2.24) is 10.3 Å². The number of amides is 2. The van der Waals surface area contributed by atoms with Crippen LogP contribution in [0.1, 0.15) is 44.1 Å². The predicted molar refractivity (Wildman–Crippen MR) is 86.9 cm³/mol. The summed E-state index contributed by atoms with van der Waals surface area (Å²) in [4.78, 5) is 16.6. The first kappa shape index (κ1) is 14.3. The number of alkyl halides is 1. The molecule has 0 aliphatic heterocycles. The van der Waals surface area contributed by atoms with E-state index in [1.807, 2.05) is 12.1 Å². The maximum absolute atomic E-state index is 12.4. The lowest BCUT2D eigenvalue weighted by molar-refractivity contribution is -0.0127. The SMILES string of the molecule is O=C(Nc1cc(CCl)ccn1)NC12CC3CC(CC(C3)C1)C2. The largest absolute Gasteiger partial charge is 0.332 e. The van der Waals surface area contributed by atoms with Gasteiger partial charge in [0.15, 0.2) is 0 Å². The van der Waals surface area contributed by atoms with Crippen molar-refractivity contribution >= 4 is 23.4 Å². The fraction of sp³-hybridized carbons (Fsp3) is 0.647. The van der Waals surface area contributed by atoms with Gasteiger partial charge in [-0.3, -0.25) is 5.32 Å². The van der Waals surface area contributed by atoms with Crippen LogP contribution in [-0.4, -0.2) is 16.6 Å². The van der Waals surface area contributed by atoms with Crippen LogP contribution in [0.4, 0.5) is 10.6 Å². The number of urea groups is 1. The third-order valence-electron chi connectivity index (χ3n) is 5.64. The Morgan fingerprint density at radius 3 is 2.45 bits per heavy atom. The molecular formula is C17H22ClN3O. The molecule has 1 heterocycles. The summed E-state index contributed by atoms with van der Waals surface area (Å²) in [5.74, 6) is 3.46. The number of pyridine rings is 1. The van der Waals surface area contributed by atoms with Gasteiger partial charge in [0, 0.05) is 17.6 Å². The van der Waals surface area contributed by atoms with Gasteiger partial charge in [-0.05, 0) is 74.0 Å². The van der Waals surface area contributed by atoms with Gasteiger partial charge in [0.1, 0.15) is 5.82 Å². The topological polar surface area (TPSA) is 54.0 Å². The Bertz CT molecular complexity index is 554. The van der Waals surface area contributed by atoms with E-state index in [9.17, 15) is 4.79 Å². The summed E-state index contributed by atoms with van der Waals surface area (Å²) in [6.07, 6.45) is 9.27. The fourth-order valence-corrected chi connectivity index (χ4v) is 5.44. The van der Waals surface area contributed by atoms with E-state index in [-0.39, 0.29) is 11.6 Å². The van der Waals surface area contributed by atoms with Crippen LogP contribution in [0.15, 0.2) is 18.3 Å². The van der Waals surface area contributed by atoms with E-state index in [0.717, 1.165) is 42.6 Å². The summed E-state index contributed by atoms with van der Waals surface area (Å²) in [6.45, 7) is 0. The molecule has 1 aromatic rings. The van der Waals surface area contributed by atoms with Crippen molar-refractivity contribution in [3.8, 4) is 0 Å². The molecule has 2 amide bonds. The molecule has 0 unspecified atom stereocenters. The predicted octanol–water partition coefficient (Wildman–Crippen LogP) is 3.91. The second kappa shape index (κ2) is 5.41. The van der Waals surface area contributed by atoms with E-state index in [4.69, 9.17) is 11.6 Å². The van der Waals surface area contributed by atoms with Gasteiger partial charge in [0.05, 0.1) is 0 Å². The lowest BCUT2D eigenvalue weighted by Gasteiger charge is -2.56. The number of aromatic nitrogens is 1. The van der Waals surface area contributed by atoms with Crippen LogP contribution in [0.25, 0.3) is 0 Å². The number of hydrogen-bond donors (Lipinski definition) is 2. The Hall–Kier alpha value is -1.29. The summed E-state index contributed by atoms with van der Waals surface area (Å²) in [5, 5.41) is 6.16. The van der Waals surface area contributed by atoms with E-state index in [1.165, 1.54) is 19.3 Å². The van der Waals surface area contributed by atoms with Crippen LogP contribution < -0.4 is 10.6 Å². The maximum Gasteiger partial charge on any atom is 0.320 e. The second-order valence-corrected chi connectivity index (χ2v) is 7.73. The van der Waals surface area contributed by atoms with Gasteiger partial charge >= 0.3 is 6.03 Å². The zero-order chi connectivity index (χ0) is 15.2. The van der Waals surface area contributed by atoms with E-state index < -0.39 is 0 Å². The zero-order valence-electron chi connectivity index (χ0n) is 12.6. The molecule has 4 fully saturated rings. The van der Waals surface area contributed by atoms with Gasteiger partial charge < -0.3 is 5.32 Å². The lowest BCUT2D eigenvalue weighted by atomic mass is 9.53. The molecule has 5 rings (SSSR count). The van der Waals surface area contributed by atoms with Gasteiger partial charge in [-0.1, -0.05) is 0 Å². The summed E-state index contributed by atoms with van der Waals surface area (Å²) < 4.78 is 0. The van der Waals surface area contributed by atoms with Gasteiger partial charge in [-0.2, -0.15) is 0 Å². The van der Waals surface area contributed by atoms with Gasteiger partial charge in [0.25, 0.3) is 0 Å². The molecule has 4 saturated carbocycles. The Balaban J connectivity index is 1.43. The molecule has 22 heavy (non-hydrogen) atoms. The summed E-state index contributed by atoms with van der Waals surface area (Å²) >= 11 is 5.82. The minimum Gasteiger partial charge on any atom is -0.332 e. The number of nitrogens with zero attached hydrogens (tertiary/aromatic N) is 1. The van der Waals surface area contributed by atoms with Crippen molar-refractivity contribution < 1.29 is 4.79 Å². The normalized spacial score (nSPS) is 35.4. The molecule has 4 aliphatic rings. The molecule has 0 saturated heterocycles. The highest BCUT2D eigenvalue weighted by molar-refractivity contribution is 6.17. The quantitative estimate of drug-likeness (QED) is 0.830. The van der Waals surface area contributed by atoms with E-state index in [1.54, 1.807) is 6.20 Å². The summed E-state index contributed by atoms with van der Waals surface area (Å²) in [6, 6.07) is 3.56. The third kappa shape index (κ3) is 2.69. The van der Waals surface area contributed by atoms with Crippen LogP contribution in [0.3, 0.4) is 0 Å². The first-order valence-corrected chi connectivity index (χ1v) is 8.78. The van der Waals surface area contributed by atoms with Crippen molar-refractivity contribution in [3.63, 3.8) is 0 Å². The molecule has 1 aromatic heterocycles. The second-order valence-electron chi connectivity index (χ2n) is 7.46. The molecule has 5 heteroatoms. The molecule has 4 bridgehead atoms. The maximum atomic E-state index is 12.4. The highest BCUT2D eigenvalue weighted by Gasteiger charge is 2.51. The average Bonchev–Trinajstić information content (AvgIpc) is 2.45. The first-order valence-electron chi connectivity index (χ1n) is 8.24. The molecular weight excluding hydrogens is 298 g/mol. The lowest BCUT2D eigenvalue weighted by Crippen LogP contribution is -2.60. The van der Waals surface area contributed by atoms with Crippen LogP contribution >= 0.6 is 11.6 Å². The smallest absolute Gasteiger partial charge is 0.320 e. The van der Waals surface area contributed by atoms with E-state index in [2.05, 4.69) is 15.6 Å². The number of carbonyl (C=O) groups excluding carboxylic acids is 1. The Morgan fingerprint density at radius 1 is 1.23 bits per heavy atom. The van der Waals surface area contributed by atoms with Crippen molar-refractivity contribution in [2.75, 3.05) is 5.32 Å². The van der Waals surface area contributed by atoms with Crippen LogP contribution in [0.2, 0.25) is 0 Å². The Morgan fingerprint density at radius 2 is 1.86 bits per heavy atom.